The Kier molecular flexibility index (Phi) is 9.41. The number of allylic oxidation sites excluding steroid dienone is 1. The minimum absolute atomic E-state index is 0.327. The lowest BCUT2D eigenvalue weighted by atomic mass is 9.98. The fourth-order valence-electron chi connectivity index (χ4n) is 3.35. The number of para-hydroxylation sites is 1. The van der Waals surface area contributed by atoms with Gasteiger partial charge in [-0.2, -0.15) is 0 Å². The van der Waals surface area contributed by atoms with Crippen molar-refractivity contribution in [3.63, 3.8) is 0 Å². The number of rotatable bonds is 9. The molecule has 0 amide bonds. The van der Waals surface area contributed by atoms with Crippen LogP contribution in [0.1, 0.15) is 33.3 Å². The third-order valence-electron chi connectivity index (χ3n) is 4.53. The minimum Gasteiger partial charge on any atom is -0.463 e. The first kappa shape index (κ1) is 25.9. The molecule has 2 rings (SSSR count). The van der Waals surface area contributed by atoms with Crippen LogP contribution in [0.3, 0.4) is 0 Å². The monoisotopic (exact) mass is 464 g/mol. The van der Waals surface area contributed by atoms with Crippen molar-refractivity contribution in [1.29, 1.82) is 0 Å². The van der Waals surface area contributed by atoms with E-state index in [1.165, 1.54) is 13.8 Å². The zero-order valence-electron chi connectivity index (χ0n) is 19.0. The summed E-state index contributed by atoms with van der Waals surface area (Å²) in [5, 5.41) is 0. The molecule has 0 spiro atoms. The van der Waals surface area contributed by atoms with Crippen molar-refractivity contribution < 1.29 is 47.6 Å². The standard InChI is InChI=1S/C23H28O10/c1-6-9-17-10-7-8-11-18(17)32-23-22(31-16(5)27)21(30-15(4)26)20(29-14(3)25)19(33-23)12-28-13(2)24/h6-8,10-11,19-23H,1,9,12H2,2-5H3. The molecule has 1 heterocycles. The van der Waals surface area contributed by atoms with E-state index in [4.69, 9.17) is 28.4 Å². The van der Waals surface area contributed by atoms with Gasteiger partial charge in [-0.25, -0.2) is 0 Å². The zero-order chi connectivity index (χ0) is 24.5. The van der Waals surface area contributed by atoms with Crippen LogP contribution in [0.5, 0.6) is 5.75 Å². The average Bonchev–Trinajstić information content (AvgIpc) is 2.71. The van der Waals surface area contributed by atoms with Gasteiger partial charge in [-0.1, -0.05) is 24.3 Å². The van der Waals surface area contributed by atoms with E-state index < -0.39 is 54.6 Å². The molecule has 0 aromatic heterocycles. The van der Waals surface area contributed by atoms with Crippen LogP contribution in [0.15, 0.2) is 36.9 Å². The molecule has 0 N–H and O–H groups in total. The minimum atomic E-state index is -1.29. The van der Waals surface area contributed by atoms with Crippen molar-refractivity contribution in [2.24, 2.45) is 0 Å². The highest BCUT2D eigenvalue weighted by molar-refractivity contribution is 5.68. The van der Waals surface area contributed by atoms with Crippen molar-refractivity contribution in [2.75, 3.05) is 6.61 Å². The summed E-state index contributed by atoms with van der Waals surface area (Å²) in [5.74, 6) is -2.30. The molecule has 0 radical (unpaired) electrons. The van der Waals surface area contributed by atoms with Gasteiger partial charge in [-0.15, -0.1) is 6.58 Å². The van der Waals surface area contributed by atoms with E-state index in [2.05, 4.69) is 6.58 Å². The molecule has 1 fully saturated rings. The summed E-state index contributed by atoms with van der Waals surface area (Å²) in [6.45, 7) is 8.07. The summed E-state index contributed by atoms with van der Waals surface area (Å²) in [4.78, 5) is 46.9. The van der Waals surface area contributed by atoms with Gasteiger partial charge in [0.15, 0.2) is 12.2 Å². The Morgan fingerprint density at radius 3 is 2.03 bits per heavy atom. The topological polar surface area (TPSA) is 124 Å². The first-order chi connectivity index (χ1) is 15.6. The third kappa shape index (κ3) is 7.60. The highest BCUT2D eigenvalue weighted by atomic mass is 16.7. The zero-order valence-corrected chi connectivity index (χ0v) is 19.0. The lowest BCUT2D eigenvalue weighted by molar-refractivity contribution is -0.288. The Labute approximate surface area is 191 Å². The molecule has 0 saturated carbocycles. The summed E-state index contributed by atoms with van der Waals surface area (Å²) in [6.07, 6.45) is -4.00. The Hall–Kier alpha value is -3.40. The van der Waals surface area contributed by atoms with Crippen LogP contribution in [-0.2, 0) is 49.3 Å². The number of hydrogen-bond acceptors (Lipinski definition) is 10. The SMILES string of the molecule is C=CCc1ccccc1OC1OC(COC(C)=O)C(OC(C)=O)C(OC(C)=O)C1OC(C)=O. The van der Waals surface area contributed by atoms with E-state index in [0.717, 1.165) is 19.4 Å². The van der Waals surface area contributed by atoms with Crippen LogP contribution >= 0.6 is 0 Å². The van der Waals surface area contributed by atoms with Gasteiger partial charge in [0, 0.05) is 27.7 Å². The van der Waals surface area contributed by atoms with Gasteiger partial charge in [-0.3, -0.25) is 19.2 Å². The molecule has 33 heavy (non-hydrogen) atoms. The molecule has 1 aliphatic heterocycles. The first-order valence-electron chi connectivity index (χ1n) is 10.3. The van der Waals surface area contributed by atoms with Crippen LogP contribution in [-0.4, -0.2) is 61.2 Å². The predicted molar refractivity (Wildman–Crippen MR) is 113 cm³/mol. The maximum absolute atomic E-state index is 11.9. The largest absolute Gasteiger partial charge is 0.463 e. The van der Waals surface area contributed by atoms with Gasteiger partial charge in [0.1, 0.15) is 18.5 Å². The normalized spacial score (nSPS) is 24.2. The molecular formula is C23H28O10. The lowest BCUT2D eigenvalue weighted by Gasteiger charge is -2.44. The second-order valence-electron chi connectivity index (χ2n) is 7.29. The molecule has 5 unspecified atom stereocenters. The molecular weight excluding hydrogens is 436 g/mol. The number of carbonyl (C=O) groups is 4. The van der Waals surface area contributed by atoms with E-state index in [1.807, 2.05) is 12.1 Å². The van der Waals surface area contributed by atoms with Crippen molar-refractivity contribution in [3.8, 4) is 5.75 Å². The summed E-state index contributed by atoms with van der Waals surface area (Å²) >= 11 is 0. The van der Waals surface area contributed by atoms with Crippen LogP contribution in [0.2, 0.25) is 0 Å². The number of esters is 4. The smallest absolute Gasteiger partial charge is 0.303 e. The third-order valence-corrected chi connectivity index (χ3v) is 4.53. The molecule has 180 valence electrons. The Morgan fingerprint density at radius 1 is 0.879 bits per heavy atom. The quantitative estimate of drug-likeness (QED) is 0.304. The van der Waals surface area contributed by atoms with Crippen LogP contribution < -0.4 is 4.74 Å². The number of ether oxygens (including phenoxy) is 6. The van der Waals surface area contributed by atoms with Gasteiger partial charge < -0.3 is 28.4 Å². The number of benzene rings is 1. The molecule has 0 bridgehead atoms. The second kappa shape index (κ2) is 12.0. The molecule has 10 heteroatoms. The highest BCUT2D eigenvalue weighted by Crippen LogP contribution is 2.32. The average molecular weight is 464 g/mol. The maximum atomic E-state index is 11.9. The van der Waals surface area contributed by atoms with Gasteiger partial charge in [0.05, 0.1) is 0 Å². The fourth-order valence-corrected chi connectivity index (χ4v) is 3.35. The van der Waals surface area contributed by atoms with E-state index in [0.29, 0.717) is 12.2 Å². The Bertz CT molecular complexity index is 880. The molecule has 1 aliphatic rings. The van der Waals surface area contributed by atoms with Crippen molar-refractivity contribution in [1.82, 2.24) is 0 Å². The summed E-state index contributed by atoms with van der Waals surface area (Å²) in [5.41, 5.74) is 0.778. The lowest BCUT2D eigenvalue weighted by Crippen LogP contribution is -2.63. The number of hydrogen-bond donors (Lipinski definition) is 0. The van der Waals surface area contributed by atoms with E-state index in [9.17, 15) is 19.2 Å². The highest BCUT2D eigenvalue weighted by Gasteiger charge is 2.53. The molecule has 1 aromatic rings. The molecule has 0 aliphatic carbocycles. The van der Waals surface area contributed by atoms with Crippen molar-refractivity contribution in [2.45, 2.75) is 64.8 Å². The fraction of sp³-hybridized carbons (Fsp3) is 0.478. The molecule has 1 aromatic carbocycles. The molecule has 10 nitrogen and oxygen atoms in total. The van der Waals surface area contributed by atoms with Crippen LogP contribution in [0.4, 0.5) is 0 Å². The van der Waals surface area contributed by atoms with Gasteiger partial charge in [0.25, 0.3) is 0 Å². The summed E-state index contributed by atoms with van der Waals surface area (Å²) in [7, 11) is 0. The Balaban J connectivity index is 2.49. The molecule has 5 atom stereocenters. The van der Waals surface area contributed by atoms with Crippen LogP contribution in [0, 0.1) is 0 Å². The first-order valence-corrected chi connectivity index (χ1v) is 10.3. The Morgan fingerprint density at radius 2 is 1.45 bits per heavy atom. The maximum Gasteiger partial charge on any atom is 0.303 e. The van der Waals surface area contributed by atoms with E-state index >= 15 is 0 Å². The molecule has 1 saturated heterocycles. The van der Waals surface area contributed by atoms with Gasteiger partial charge in [0.2, 0.25) is 12.4 Å². The van der Waals surface area contributed by atoms with E-state index in [-0.39, 0.29) is 6.61 Å². The van der Waals surface area contributed by atoms with Crippen LogP contribution in [0.25, 0.3) is 0 Å². The second-order valence-corrected chi connectivity index (χ2v) is 7.29. The summed E-state index contributed by atoms with van der Waals surface area (Å²) < 4.78 is 33.1. The number of carbonyl (C=O) groups excluding carboxylic acids is 4. The van der Waals surface area contributed by atoms with Crippen molar-refractivity contribution in [3.05, 3.63) is 42.5 Å². The summed E-state index contributed by atoms with van der Waals surface area (Å²) in [6, 6.07) is 7.07. The van der Waals surface area contributed by atoms with E-state index in [1.54, 1.807) is 18.2 Å². The van der Waals surface area contributed by atoms with Gasteiger partial charge in [-0.05, 0) is 18.1 Å². The van der Waals surface area contributed by atoms with Crippen molar-refractivity contribution >= 4 is 23.9 Å². The predicted octanol–water partition coefficient (Wildman–Crippen LogP) is 1.88. The van der Waals surface area contributed by atoms with Gasteiger partial charge >= 0.3 is 23.9 Å².